The lowest BCUT2D eigenvalue weighted by atomic mass is 10.0. The highest BCUT2D eigenvalue weighted by Crippen LogP contribution is 2.31. The first kappa shape index (κ1) is 15.8. The van der Waals surface area contributed by atoms with Gasteiger partial charge in [0.15, 0.2) is 5.69 Å². The molecule has 0 atom stereocenters. The third-order valence-corrected chi connectivity index (χ3v) is 3.63. The van der Waals surface area contributed by atoms with Crippen LogP contribution in [0.15, 0.2) is 36.5 Å². The van der Waals surface area contributed by atoms with Crippen LogP contribution >= 0.6 is 0 Å². The average molecular weight is 325 g/mol. The van der Waals surface area contributed by atoms with Gasteiger partial charge in [-0.2, -0.15) is 4.39 Å². The molecule has 0 saturated carbocycles. The Labute approximate surface area is 137 Å². The normalized spacial score (nSPS) is 10.8. The summed E-state index contributed by atoms with van der Waals surface area (Å²) in [6.45, 7) is 2.48. The Hall–Kier alpha value is -3.09. The topological polar surface area (TPSA) is 93.8 Å². The third-order valence-electron chi connectivity index (χ3n) is 3.63. The predicted octanol–water partition coefficient (Wildman–Crippen LogP) is 2.55. The number of anilines is 1. The van der Waals surface area contributed by atoms with Gasteiger partial charge in [-0.3, -0.25) is 4.79 Å². The molecule has 3 aromatic rings. The number of nitrogens with one attached hydrogen (secondary N) is 1. The minimum Gasteiger partial charge on any atom is -0.396 e. The van der Waals surface area contributed by atoms with E-state index in [9.17, 15) is 9.18 Å². The van der Waals surface area contributed by atoms with Crippen LogP contribution in [0.25, 0.3) is 22.0 Å². The molecule has 0 bridgehead atoms. The quantitative estimate of drug-likeness (QED) is 0.719. The number of fused-ring (bicyclic) bond motifs is 1. The predicted molar refractivity (Wildman–Crippen MR) is 89.8 cm³/mol. The zero-order valence-corrected chi connectivity index (χ0v) is 13.1. The van der Waals surface area contributed by atoms with Crippen LogP contribution in [0, 0.1) is 5.95 Å². The first-order chi connectivity index (χ1) is 11.6. The van der Waals surface area contributed by atoms with E-state index in [1.54, 1.807) is 30.3 Å². The van der Waals surface area contributed by atoms with Gasteiger partial charge in [0.1, 0.15) is 5.52 Å². The number of nitrogen functional groups attached to an aromatic ring is 1. The van der Waals surface area contributed by atoms with E-state index in [-0.39, 0.29) is 17.3 Å². The van der Waals surface area contributed by atoms with Crippen LogP contribution in [0.3, 0.4) is 0 Å². The van der Waals surface area contributed by atoms with E-state index in [1.165, 1.54) is 6.20 Å². The number of nitrogens with zero attached hydrogens (tertiary/aromatic N) is 3. The monoisotopic (exact) mass is 325 g/mol. The van der Waals surface area contributed by atoms with E-state index in [0.717, 1.165) is 6.42 Å². The van der Waals surface area contributed by atoms with Crippen molar-refractivity contribution >= 4 is 22.5 Å². The smallest absolute Gasteiger partial charge is 0.273 e. The number of hydrogen-bond donors (Lipinski definition) is 2. The van der Waals surface area contributed by atoms with Crippen molar-refractivity contribution in [3.63, 3.8) is 0 Å². The molecule has 0 spiro atoms. The second kappa shape index (κ2) is 6.57. The van der Waals surface area contributed by atoms with Crippen LogP contribution in [-0.4, -0.2) is 27.6 Å². The van der Waals surface area contributed by atoms with E-state index in [4.69, 9.17) is 5.73 Å². The van der Waals surface area contributed by atoms with Crippen molar-refractivity contribution in [1.29, 1.82) is 0 Å². The minimum absolute atomic E-state index is 0.0692. The average Bonchev–Trinajstić information content (AvgIpc) is 2.60. The molecule has 0 aliphatic rings. The van der Waals surface area contributed by atoms with E-state index < -0.39 is 5.95 Å². The first-order valence-corrected chi connectivity index (χ1v) is 7.57. The summed E-state index contributed by atoms with van der Waals surface area (Å²) >= 11 is 0. The maximum absolute atomic E-state index is 14.0. The van der Waals surface area contributed by atoms with Gasteiger partial charge in [-0.25, -0.2) is 4.98 Å². The maximum Gasteiger partial charge on any atom is 0.273 e. The second-order valence-electron chi connectivity index (χ2n) is 5.26. The molecule has 0 saturated heterocycles. The summed E-state index contributed by atoms with van der Waals surface area (Å²) in [4.78, 5) is 15.8. The molecule has 1 amide bonds. The molecule has 0 fully saturated rings. The molecule has 2 aromatic heterocycles. The second-order valence-corrected chi connectivity index (χ2v) is 5.26. The zero-order chi connectivity index (χ0) is 17.1. The van der Waals surface area contributed by atoms with Crippen LogP contribution < -0.4 is 11.1 Å². The standard InChI is InChI=1S/C17H16FN5O/c1-2-8-21-17(24)15-13(19)12-6-3-5-10(14(12)22-23-15)11-7-4-9-20-16(11)18/h3-7,9H,2,8H2,1H3,(H2,19,22)(H,21,24). The molecule has 2 heterocycles. The molecule has 3 rings (SSSR count). The Kier molecular flexibility index (Phi) is 4.33. The van der Waals surface area contributed by atoms with Gasteiger partial charge >= 0.3 is 0 Å². The van der Waals surface area contributed by atoms with Gasteiger partial charge in [-0.15, -0.1) is 10.2 Å². The number of pyridine rings is 1. The molecule has 0 aliphatic heterocycles. The number of carbonyl (C=O) groups is 1. The SMILES string of the molecule is CCCNC(=O)c1nnc2c(-c3cccnc3F)cccc2c1N. The highest BCUT2D eigenvalue weighted by molar-refractivity contribution is 6.07. The Balaban J connectivity index is 2.15. The molecule has 3 N–H and O–H groups in total. The molecular formula is C17H16FN5O. The highest BCUT2D eigenvalue weighted by Gasteiger charge is 2.18. The molecule has 0 radical (unpaired) electrons. The molecule has 0 aliphatic carbocycles. The lowest BCUT2D eigenvalue weighted by Crippen LogP contribution is -2.26. The van der Waals surface area contributed by atoms with Gasteiger partial charge in [0.2, 0.25) is 5.95 Å². The lowest BCUT2D eigenvalue weighted by Gasteiger charge is -2.10. The van der Waals surface area contributed by atoms with Gasteiger partial charge < -0.3 is 11.1 Å². The number of halogens is 1. The molecule has 122 valence electrons. The fourth-order valence-electron chi connectivity index (χ4n) is 2.44. The Bertz CT molecular complexity index is 913. The van der Waals surface area contributed by atoms with Crippen molar-refractivity contribution in [2.24, 2.45) is 0 Å². The van der Waals surface area contributed by atoms with Crippen molar-refractivity contribution in [3.8, 4) is 11.1 Å². The molecule has 7 heteroatoms. The number of aromatic nitrogens is 3. The fraction of sp³-hybridized carbons (Fsp3) is 0.176. The van der Waals surface area contributed by atoms with E-state index in [1.807, 2.05) is 6.92 Å². The van der Waals surface area contributed by atoms with Gasteiger partial charge in [-0.1, -0.05) is 25.1 Å². The van der Waals surface area contributed by atoms with Crippen LogP contribution in [0.4, 0.5) is 10.1 Å². The summed E-state index contributed by atoms with van der Waals surface area (Å²) in [5.41, 5.74) is 7.65. The van der Waals surface area contributed by atoms with Gasteiger partial charge in [-0.05, 0) is 18.6 Å². The van der Waals surface area contributed by atoms with Crippen molar-refractivity contribution in [2.75, 3.05) is 12.3 Å². The molecule has 6 nitrogen and oxygen atoms in total. The van der Waals surface area contributed by atoms with E-state index in [2.05, 4.69) is 20.5 Å². The van der Waals surface area contributed by atoms with Crippen LogP contribution in [-0.2, 0) is 0 Å². The Morgan fingerprint density at radius 3 is 2.75 bits per heavy atom. The lowest BCUT2D eigenvalue weighted by molar-refractivity contribution is 0.0949. The molecule has 1 aromatic carbocycles. The highest BCUT2D eigenvalue weighted by atomic mass is 19.1. The van der Waals surface area contributed by atoms with Crippen molar-refractivity contribution in [2.45, 2.75) is 13.3 Å². The number of rotatable bonds is 4. The third kappa shape index (κ3) is 2.76. The Morgan fingerprint density at radius 2 is 2.00 bits per heavy atom. The fourth-order valence-corrected chi connectivity index (χ4v) is 2.44. The Morgan fingerprint density at radius 1 is 1.21 bits per heavy atom. The van der Waals surface area contributed by atoms with Gasteiger partial charge in [0.25, 0.3) is 5.91 Å². The summed E-state index contributed by atoms with van der Waals surface area (Å²) in [5.74, 6) is -0.975. The molecular weight excluding hydrogens is 309 g/mol. The summed E-state index contributed by atoms with van der Waals surface area (Å²) in [5, 5.41) is 11.3. The number of benzene rings is 1. The van der Waals surface area contributed by atoms with Crippen molar-refractivity contribution in [1.82, 2.24) is 20.5 Å². The molecule has 24 heavy (non-hydrogen) atoms. The first-order valence-electron chi connectivity index (χ1n) is 7.57. The minimum atomic E-state index is -0.602. The van der Waals surface area contributed by atoms with Gasteiger partial charge in [0, 0.05) is 29.3 Å². The van der Waals surface area contributed by atoms with Crippen LogP contribution in [0.5, 0.6) is 0 Å². The van der Waals surface area contributed by atoms with Crippen LogP contribution in [0.1, 0.15) is 23.8 Å². The molecule has 0 unspecified atom stereocenters. The largest absolute Gasteiger partial charge is 0.396 e. The van der Waals surface area contributed by atoms with E-state index >= 15 is 0 Å². The van der Waals surface area contributed by atoms with Crippen LogP contribution in [0.2, 0.25) is 0 Å². The van der Waals surface area contributed by atoms with Gasteiger partial charge in [0.05, 0.1) is 5.69 Å². The van der Waals surface area contributed by atoms with Crippen molar-refractivity contribution in [3.05, 3.63) is 48.2 Å². The summed E-state index contributed by atoms with van der Waals surface area (Å²) in [6.07, 6.45) is 2.18. The summed E-state index contributed by atoms with van der Waals surface area (Å²) in [6, 6.07) is 8.43. The van der Waals surface area contributed by atoms with Crippen molar-refractivity contribution < 1.29 is 9.18 Å². The number of hydrogen-bond acceptors (Lipinski definition) is 5. The van der Waals surface area contributed by atoms with E-state index in [0.29, 0.717) is 28.6 Å². The maximum atomic E-state index is 14.0. The number of nitrogens with two attached hydrogens (primary N) is 1. The summed E-state index contributed by atoms with van der Waals surface area (Å²) in [7, 11) is 0. The number of carbonyl (C=O) groups excluding carboxylic acids is 1. The summed E-state index contributed by atoms with van der Waals surface area (Å²) < 4.78 is 14.0. The zero-order valence-electron chi connectivity index (χ0n) is 13.1. The number of amides is 1.